The van der Waals surface area contributed by atoms with Crippen molar-refractivity contribution in [2.45, 2.75) is 18.7 Å². The second kappa shape index (κ2) is 5.13. The summed E-state index contributed by atoms with van der Waals surface area (Å²) in [5.74, 6) is -0.787. The largest absolute Gasteiger partial charge is 0.398 e. The fraction of sp³-hybridized carbons (Fsp3) is 0.143. The highest BCUT2D eigenvalue weighted by Crippen LogP contribution is 2.25. The Morgan fingerprint density at radius 2 is 1.85 bits per heavy atom. The second-order valence-corrected chi connectivity index (χ2v) is 6.21. The molecule has 0 fully saturated rings. The Morgan fingerprint density at radius 3 is 2.55 bits per heavy atom. The number of rotatable bonds is 3. The van der Waals surface area contributed by atoms with Gasteiger partial charge in [-0.3, -0.25) is 4.72 Å². The maximum absolute atomic E-state index is 13.7. The monoisotopic (exact) mass is 294 g/mol. The van der Waals surface area contributed by atoms with Gasteiger partial charge in [0.1, 0.15) is 10.7 Å². The lowest BCUT2D eigenvalue weighted by Crippen LogP contribution is -2.15. The Labute approximate surface area is 117 Å². The number of aryl methyl sites for hydroxylation is 1. The Kier molecular flexibility index (Phi) is 3.67. The maximum atomic E-state index is 13.7. The van der Waals surface area contributed by atoms with Gasteiger partial charge in [-0.25, -0.2) is 12.8 Å². The summed E-state index contributed by atoms with van der Waals surface area (Å²) in [5, 5.41) is 0. The molecule has 0 radical (unpaired) electrons. The van der Waals surface area contributed by atoms with E-state index in [2.05, 4.69) is 4.72 Å². The van der Waals surface area contributed by atoms with Crippen LogP contribution in [0.1, 0.15) is 11.1 Å². The van der Waals surface area contributed by atoms with E-state index in [1.165, 1.54) is 12.1 Å². The molecule has 0 spiro atoms. The summed E-state index contributed by atoms with van der Waals surface area (Å²) < 4.78 is 40.6. The van der Waals surface area contributed by atoms with E-state index in [4.69, 9.17) is 5.73 Å². The summed E-state index contributed by atoms with van der Waals surface area (Å²) in [6, 6.07) is 8.82. The van der Waals surface area contributed by atoms with Gasteiger partial charge in [0.05, 0.1) is 5.69 Å². The van der Waals surface area contributed by atoms with Crippen LogP contribution in [0.2, 0.25) is 0 Å². The third-order valence-corrected chi connectivity index (χ3v) is 4.38. The van der Waals surface area contributed by atoms with Crippen LogP contribution in [0.4, 0.5) is 15.8 Å². The number of nitrogen functional groups attached to an aromatic ring is 1. The molecule has 0 aromatic heterocycles. The number of benzene rings is 2. The number of sulfonamides is 1. The van der Waals surface area contributed by atoms with Crippen LogP contribution in [0, 0.1) is 19.7 Å². The van der Waals surface area contributed by atoms with E-state index in [1.807, 2.05) is 0 Å². The molecule has 106 valence electrons. The fourth-order valence-corrected chi connectivity index (χ4v) is 3.07. The van der Waals surface area contributed by atoms with Gasteiger partial charge in [0.15, 0.2) is 0 Å². The normalized spacial score (nSPS) is 11.3. The van der Waals surface area contributed by atoms with E-state index in [1.54, 1.807) is 32.0 Å². The van der Waals surface area contributed by atoms with E-state index in [9.17, 15) is 12.8 Å². The van der Waals surface area contributed by atoms with Gasteiger partial charge in [-0.2, -0.15) is 0 Å². The molecule has 0 bridgehead atoms. The van der Waals surface area contributed by atoms with Gasteiger partial charge in [-0.1, -0.05) is 12.1 Å². The van der Waals surface area contributed by atoms with Gasteiger partial charge in [-0.05, 0) is 49.2 Å². The molecule has 0 aliphatic carbocycles. The van der Waals surface area contributed by atoms with Crippen molar-refractivity contribution < 1.29 is 12.8 Å². The smallest absolute Gasteiger partial charge is 0.264 e. The number of nitrogens with one attached hydrogen (secondary N) is 1. The summed E-state index contributed by atoms with van der Waals surface area (Å²) in [4.78, 5) is -0.376. The highest BCUT2D eigenvalue weighted by molar-refractivity contribution is 7.92. The quantitative estimate of drug-likeness (QED) is 0.855. The molecule has 0 atom stereocenters. The summed E-state index contributed by atoms with van der Waals surface area (Å²) in [6.45, 7) is 3.39. The van der Waals surface area contributed by atoms with Crippen LogP contribution in [0.25, 0.3) is 0 Å². The van der Waals surface area contributed by atoms with Crippen LogP contribution in [0.5, 0.6) is 0 Å². The predicted molar refractivity (Wildman–Crippen MR) is 77.5 cm³/mol. The Morgan fingerprint density at radius 1 is 1.15 bits per heavy atom. The van der Waals surface area contributed by atoms with Gasteiger partial charge in [0.2, 0.25) is 0 Å². The Balaban J connectivity index is 2.46. The standard InChI is InChI=1S/C14H15FN2O2S/c1-9-6-7-11(15)14(8-9)20(18,19)17-13-5-3-4-12(16)10(13)2/h3-8,17H,16H2,1-2H3. The second-order valence-electron chi connectivity index (χ2n) is 4.56. The minimum Gasteiger partial charge on any atom is -0.398 e. The van der Waals surface area contributed by atoms with Crippen molar-refractivity contribution in [1.29, 1.82) is 0 Å². The summed E-state index contributed by atoms with van der Waals surface area (Å²) in [5.41, 5.74) is 7.79. The molecule has 0 aliphatic rings. The molecule has 0 heterocycles. The third kappa shape index (κ3) is 2.75. The molecular formula is C14H15FN2O2S. The zero-order chi connectivity index (χ0) is 14.9. The van der Waals surface area contributed by atoms with Gasteiger partial charge >= 0.3 is 0 Å². The lowest BCUT2D eigenvalue weighted by molar-refractivity contribution is 0.570. The topological polar surface area (TPSA) is 72.2 Å². The van der Waals surface area contributed by atoms with E-state index in [-0.39, 0.29) is 4.90 Å². The lowest BCUT2D eigenvalue weighted by atomic mass is 10.2. The number of hydrogen-bond donors (Lipinski definition) is 2. The van der Waals surface area contributed by atoms with Crippen LogP contribution < -0.4 is 10.5 Å². The van der Waals surface area contributed by atoms with Gasteiger partial charge in [0.25, 0.3) is 10.0 Å². The summed E-state index contributed by atoms with van der Waals surface area (Å²) >= 11 is 0. The fourth-order valence-electron chi connectivity index (χ4n) is 1.78. The molecular weight excluding hydrogens is 279 g/mol. The molecule has 0 aliphatic heterocycles. The maximum Gasteiger partial charge on any atom is 0.264 e. The van der Waals surface area contributed by atoms with Crippen molar-refractivity contribution in [3.05, 3.63) is 53.3 Å². The average Bonchev–Trinajstić information content (AvgIpc) is 2.37. The van der Waals surface area contributed by atoms with Crippen molar-refractivity contribution in [2.24, 2.45) is 0 Å². The van der Waals surface area contributed by atoms with Crippen molar-refractivity contribution in [2.75, 3.05) is 10.5 Å². The molecule has 20 heavy (non-hydrogen) atoms. The molecule has 0 saturated carbocycles. The van der Waals surface area contributed by atoms with Crippen LogP contribution in [-0.2, 0) is 10.0 Å². The van der Waals surface area contributed by atoms with Crippen molar-refractivity contribution in [3.63, 3.8) is 0 Å². The van der Waals surface area contributed by atoms with Crippen LogP contribution in [-0.4, -0.2) is 8.42 Å². The lowest BCUT2D eigenvalue weighted by Gasteiger charge is -2.12. The van der Waals surface area contributed by atoms with Crippen molar-refractivity contribution >= 4 is 21.4 Å². The molecule has 3 N–H and O–H groups in total. The zero-order valence-electron chi connectivity index (χ0n) is 11.1. The first-order valence-electron chi connectivity index (χ1n) is 5.95. The average molecular weight is 294 g/mol. The van der Waals surface area contributed by atoms with Crippen molar-refractivity contribution in [3.8, 4) is 0 Å². The first-order chi connectivity index (χ1) is 9.31. The SMILES string of the molecule is Cc1ccc(F)c(S(=O)(=O)Nc2cccc(N)c2C)c1. The Bertz CT molecular complexity index is 758. The Hall–Kier alpha value is -2.08. The first kappa shape index (κ1) is 14.3. The number of anilines is 2. The molecule has 2 aromatic rings. The van der Waals surface area contributed by atoms with Crippen molar-refractivity contribution in [1.82, 2.24) is 0 Å². The predicted octanol–water partition coefficient (Wildman–Crippen LogP) is 2.83. The van der Waals surface area contributed by atoms with Gasteiger partial charge in [0, 0.05) is 5.69 Å². The van der Waals surface area contributed by atoms with Crippen LogP contribution >= 0.6 is 0 Å². The minimum absolute atomic E-state index is 0.339. The van der Waals surface area contributed by atoms with Crippen LogP contribution in [0.3, 0.4) is 0 Å². The zero-order valence-corrected chi connectivity index (χ0v) is 12.0. The highest BCUT2D eigenvalue weighted by atomic mass is 32.2. The number of halogens is 1. The molecule has 4 nitrogen and oxygen atoms in total. The molecule has 2 aromatic carbocycles. The molecule has 0 amide bonds. The minimum atomic E-state index is -3.99. The van der Waals surface area contributed by atoms with E-state index in [0.29, 0.717) is 22.5 Å². The molecule has 2 rings (SSSR count). The van der Waals surface area contributed by atoms with E-state index >= 15 is 0 Å². The van der Waals surface area contributed by atoms with Gasteiger partial charge in [-0.15, -0.1) is 0 Å². The number of nitrogens with two attached hydrogens (primary N) is 1. The summed E-state index contributed by atoms with van der Waals surface area (Å²) in [6.07, 6.45) is 0. The highest BCUT2D eigenvalue weighted by Gasteiger charge is 2.20. The molecule has 0 unspecified atom stereocenters. The van der Waals surface area contributed by atoms with Gasteiger partial charge < -0.3 is 5.73 Å². The van der Waals surface area contributed by atoms with Crippen LogP contribution in [0.15, 0.2) is 41.3 Å². The first-order valence-corrected chi connectivity index (χ1v) is 7.43. The number of hydrogen-bond acceptors (Lipinski definition) is 3. The molecule has 6 heteroatoms. The van der Waals surface area contributed by atoms with E-state index < -0.39 is 15.8 Å². The molecule has 0 saturated heterocycles. The third-order valence-electron chi connectivity index (χ3n) is 3.00. The summed E-state index contributed by atoms with van der Waals surface area (Å²) in [7, 11) is -3.99. The van der Waals surface area contributed by atoms with E-state index in [0.717, 1.165) is 6.07 Å².